The molecule has 0 aromatic carbocycles. The zero-order valence-electron chi connectivity index (χ0n) is 7.05. The van der Waals surface area contributed by atoms with Crippen LogP contribution in [0.1, 0.15) is 25.7 Å². The predicted octanol–water partition coefficient (Wildman–Crippen LogP) is 1.53. The van der Waals surface area contributed by atoms with Gasteiger partial charge in [0.1, 0.15) is 0 Å². The first-order chi connectivity index (χ1) is 5.31. The Bertz CT molecular complexity index is 128. The van der Waals surface area contributed by atoms with Crippen molar-refractivity contribution in [1.82, 2.24) is 0 Å². The second kappa shape index (κ2) is 7.35. The largest absolute Gasteiger partial charge is 0.402 e. The molecule has 1 aliphatic carbocycles. The molecule has 4 N–H and O–H groups in total. The molecule has 0 aromatic heterocycles. The monoisotopic (exact) mass is 154 g/mol. The van der Waals surface area contributed by atoms with Crippen LogP contribution in [0.4, 0.5) is 0 Å². The van der Waals surface area contributed by atoms with E-state index >= 15 is 0 Å². The van der Waals surface area contributed by atoms with Crippen molar-refractivity contribution < 1.29 is 0 Å². The van der Waals surface area contributed by atoms with Gasteiger partial charge in [-0.05, 0) is 25.7 Å². The van der Waals surface area contributed by atoms with Crippen LogP contribution in [-0.4, -0.2) is 6.54 Å². The molecule has 0 unspecified atom stereocenters. The van der Waals surface area contributed by atoms with E-state index in [1.807, 2.05) is 0 Å². The van der Waals surface area contributed by atoms with E-state index in [9.17, 15) is 0 Å². The minimum absolute atomic E-state index is 0.583. The molecular weight excluding hydrogens is 136 g/mol. The molecule has 64 valence electrons. The minimum atomic E-state index is 0.583. The third-order valence-corrected chi connectivity index (χ3v) is 1.49. The topological polar surface area (TPSA) is 52.0 Å². The Kier molecular flexibility index (Phi) is 6.84. The average Bonchev–Trinajstić information content (AvgIpc) is 2.07. The number of hydrogen-bond acceptors (Lipinski definition) is 2. The van der Waals surface area contributed by atoms with Crippen molar-refractivity contribution in [1.29, 1.82) is 0 Å². The molecule has 0 amide bonds. The van der Waals surface area contributed by atoms with Gasteiger partial charge < -0.3 is 11.5 Å². The van der Waals surface area contributed by atoms with Gasteiger partial charge in [-0.15, -0.1) is 6.58 Å². The lowest BCUT2D eigenvalue weighted by Gasteiger charge is -2.05. The van der Waals surface area contributed by atoms with Gasteiger partial charge in [-0.2, -0.15) is 0 Å². The van der Waals surface area contributed by atoms with Crippen molar-refractivity contribution in [3.05, 3.63) is 24.4 Å². The van der Waals surface area contributed by atoms with Gasteiger partial charge in [0.05, 0.1) is 0 Å². The lowest BCUT2D eigenvalue weighted by Crippen LogP contribution is -2.00. The van der Waals surface area contributed by atoms with Crippen LogP contribution in [0.3, 0.4) is 0 Å². The fraction of sp³-hybridized carbons (Fsp3) is 0.556. The molecule has 0 radical (unpaired) electrons. The summed E-state index contributed by atoms with van der Waals surface area (Å²) in [5.74, 6) is 0. The highest BCUT2D eigenvalue weighted by Gasteiger charge is 1.95. The summed E-state index contributed by atoms with van der Waals surface area (Å²) in [6.07, 6.45) is 8.73. The summed E-state index contributed by atoms with van der Waals surface area (Å²) in [5.41, 5.74) is 11.5. The fourth-order valence-electron chi connectivity index (χ4n) is 0.863. The summed E-state index contributed by atoms with van der Waals surface area (Å²) >= 11 is 0. The first-order valence-corrected chi connectivity index (χ1v) is 4.06. The summed E-state index contributed by atoms with van der Waals surface area (Å²) in [6.45, 7) is 3.94. The van der Waals surface area contributed by atoms with E-state index in [1.54, 1.807) is 6.08 Å². The summed E-state index contributed by atoms with van der Waals surface area (Å²) in [5, 5.41) is 0. The van der Waals surface area contributed by atoms with Crippen LogP contribution in [0.25, 0.3) is 0 Å². The smallest absolute Gasteiger partial charge is 0.0104 e. The van der Waals surface area contributed by atoms with Gasteiger partial charge in [-0.1, -0.05) is 12.2 Å². The first kappa shape index (κ1) is 10.2. The van der Waals surface area contributed by atoms with Gasteiger partial charge in [-0.25, -0.2) is 0 Å². The van der Waals surface area contributed by atoms with Gasteiger partial charge in [0.15, 0.2) is 0 Å². The second-order valence-corrected chi connectivity index (χ2v) is 2.55. The highest BCUT2D eigenvalue weighted by atomic mass is 14.6. The molecule has 0 heterocycles. The van der Waals surface area contributed by atoms with E-state index in [-0.39, 0.29) is 0 Å². The molecule has 0 fully saturated rings. The quantitative estimate of drug-likeness (QED) is 0.563. The SMILES string of the molecule is C=CCN.NC1=CCCCC1. The van der Waals surface area contributed by atoms with Gasteiger partial charge in [0, 0.05) is 12.2 Å². The highest BCUT2D eigenvalue weighted by Crippen LogP contribution is 2.11. The molecule has 0 aromatic rings. The second-order valence-electron chi connectivity index (χ2n) is 2.55. The molecule has 1 aliphatic rings. The number of nitrogens with two attached hydrogens (primary N) is 2. The Morgan fingerprint density at radius 2 is 2.18 bits per heavy atom. The van der Waals surface area contributed by atoms with Crippen LogP contribution in [0.2, 0.25) is 0 Å². The molecule has 0 aliphatic heterocycles. The van der Waals surface area contributed by atoms with Crippen molar-refractivity contribution in [3.63, 3.8) is 0 Å². The van der Waals surface area contributed by atoms with E-state index in [0.29, 0.717) is 6.54 Å². The summed E-state index contributed by atoms with van der Waals surface area (Å²) in [6, 6.07) is 0. The zero-order valence-corrected chi connectivity index (χ0v) is 7.05. The standard InChI is InChI=1S/C6H11N.C3H7N/c7-6-4-2-1-3-5-6;1-2-3-4/h4H,1-3,5,7H2;2H,1,3-4H2. The van der Waals surface area contributed by atoms with Crippen molar-refractivity contribution >= 4 is 0 Å². The third-order valence-electron chi connectivity index (χ3n) is 1.49. The van der Waals surface area contributed by atoms with Crippen LogP contribution >= 0.6 is 0 Å². The maximum absolute atomic E-state index is 5.50. The van der Waals surface area contributed by atoms with E-state index < -0.39 is 0 Å². The van der Waals surface area contributed by atoms with Crippen LogP contribution in [0, 0.1) is 0 Å². The lowest BCUT2D eigenvalue weighted by atomic mass is 10.1. The molecule has 0 atom stereocenters. The zero-order chi connectivity index (χ0) is 8.53. The number of rotatable bonds is 1. The van der Waals surface area contributed by atoms with E-state index in [2.05, 4.69) is 12.7 Å². The van der Waals surface area contributed by atoms with E-state index in [0.717, 1.165) is 12.1 Å². The highest BCUT2D eigenvalue weighted by molar-refractivity contribution is 4.98. The lowest BCUT2D eigenvalue weighted by molar-refractivity contribution is 0.696. The summed E-state index contributed by atoms with van der Waals surface area (Å²) in [4.78, 5) is 0. The Labute approximate surface area is 69.0 Å². The molecule has 2 heteroatoms. The molecule has 0 saturated heterocycles. The Morgan fingerprint density at radius 1 is 1.55 bits per heavy atom. The van der Waals surface area contributed by atoms with Crippen LogP contribution < -0.4 is 11.5 Å². The molecule has 1 rings (SSSR count). The van der Waals surface area contributed by atoms with Crippen molar-refractivity contribution in [3.8, 4) is 0 Å². The van der Waals surface area contributed by atoms with Gasteiger partial charge in [0.25, 0.3) is 0 Å². The van der Waals surface area contributed by atoms with Crippen molar-refractivity contribution in [2.24, 2.45) is 11.5 Å². The average molecular weight is 154 g/mol. The maximum Gasteiger partial charge on any atom is 0.0104 e. The normalized spacial score (nSPS) is 15.9. The number of hydrogen-bond donors (Lipinski definition) is 2. The molecule has 0 saturated carbocycles. The van der Waals surface area contributed by atoms with Crippen LogP contribution in [0.5, 0.6) is 0 Å². The Morgan fingerprint density at radius 3 is 2.36 bits per heavy atom. The molecule has 0 bridgehead atoms. The first-order valence-electron chi connectivity index (χ1n) is 4.06. The summed E-state index contributed by atoms with van der Waals surface area (Å²) < 4.78 is 0. The number of allylic oxidation sites excluding steroid dienone is 2. The molecular formula is C9H18N2. The Hall–Kier alpha value is -0.760. The predicted molar refractivity (Wildman–Crippen MR) is 50.0 cm³/mol. The third kappa shape index (κ3) is 7.13. The summed E-state index contributed by atoms with van der Waals surface area (Å²) in [7, 11) is 0. The Balaban J connectivity index is 0.000000218. The van der Waals surface area contributed by atoms with Gasteiger partial charge >= 0.3 is 0 Å². The van der Waals surface area contributed by atoms with Crippen molar-refractivity contribution in [2.75, 3.05) is 6.54 Å². The molecule has 11 heavy (non-hydrogen) atoms. The van der Waals surface area contributed by atoms with Gasteiger partial charge in [0.2, 0.25) is 0 Å². The van der Waals surface area contributed by atoms with Crippen molar-refractivity contribution in [2.45, 2.75) is 25.7 Å². The minimum Gasteiger partial charge on any atom is -0.402 e. The van der Waals surface area contributed by atoms with Crippen LogP contribution in [-0.2, 0) is 0 Å². The molecule has 2 nitrogen and oxygen atoms in total. The van der Waals surface area contributed by atoms with E-state index in [1.165, 1.54) is 19.3 Å². The molecule has 0 spiro atoms. The van der Waals surface area contributed by atoms with E-state index in [4.69, 9.17) is 11.5 Å². The maximum atomic E-state index is 5.50. The van der Waals surface area contributed by atoms with Crippen LogP contribution in [0.15, 0.2) is 24.4 Å². The van der Waals surface area contributed by atoms with Gasteiger partial charge in [-0.3, -0.25) is 0 Å². The fourth-order valence-corrected chi connectivity index (χ4v) is 0.863.